The Bertz CT molecular complexity index is 396. The van der Waals surface area contributed by atoms with Crippen molar-refractivity contribution in [1.82, 2.24) is 4.90 Å². The Labute approximate surface area is 127 Å². The first-order valence-corrected chi connectivity index (χ1v) is 8.07. The molecular formula is C17H27NO3. The number of amides is 1. The normalized spacial score (nSPS) is 16.0. The zero-order valence-electron chi connectivity index (χ0n) is 13.1. The molecule has 1 amide bonds. The summed E-state index contributed by atoms with van der Waals surface area (Å²) in [5.41, 5.74) is 1.04. The third-order valence-electron chi connectivity index (χ3n) is 4.36. The van der Waals surface area contributed by atoms with Gasteiger partial charge in [0.15, 0.2) is 0 Å². The zero-order chi connectivity index (χ0) is 14.9. The van der Waals surface area contributed by atoms with Crippen molar-refractivity contribution in [1.29, 1.82) is 0 Å². The quantitative estimate of drug-likeness (QED) is 0.735. The average Bonchev–Trinajstić information content (AvgIpc) is 3.03. The highest BCUT2D eigenvalue weighted by atomic mass is 16.5. The standard InChI is InChI=1S/C17H27NO3/c1-20-12-10-18(13-16-9-11-21-14-16)17(19)8-7-15-5-3-2-4-6-15/h9,11,14-15H,2-8,10,12-13H2,1H3. The molecule has 4 nitrogen and oxygen atoms in total. The van der Waals surface area contributed by atoms with E-state index in [9.17, 15) is 4.79 Å². The number of rotatable bonds is 8. The fourth-order valence-electron chi connectivity index (χ4n) is 3.06. The number of methoxy groups -OCH3 is 1. The van der Waals surface area contributed by atoms with Gasteiger partial charge in [0, 0.05) is 32.2 Å². The van der Waals surface area contributed by atoms with Crippen LogP contribution in [-0.4, -0.2) is 31.1 Å². The molecule has 2 rings (SSSR count). The van der Waals surface area contributed by atoms with Crippen LogP contribution in [0.4, 0.5) is 0 Å². The molecule has 0 bridgehead atoms. The highest BCUT2D eigenvalue weighted by molar-refractivity contribution is 5.76. The molecule has 0 saturated heterocycles. The Hall–Kier alpha value is -1.29. The van der Waals surface area contributed by atoms with Crippen LogP contribution < -0.4 is 0 Å². The number of nitrogens with zero attached hydrogens (tertiary/aromatic N) is 1. The largest absolute Gasteiger partial charge is 0.472 e. The van der Waals surface area contributed by atoms with Crippen LogP contribution >= 0.6 is 0 Å². The number of ether oxygens (including phenoxy) is 1. The zero-order valence-corrected chi connectivity index (χ0v) is 13.1. The van der Waals surface area contributed by atoms with Gasteiger partial charge < -0.3 is 14.1 Å². The van der Waals surface area contributed by atoms with Crippen molar-refractivity contribution < 1.29 is 13.9 Å². The number of hydrogen-bond donors (Lipinski definition) is 0. The van der Waals surface area contributed by atoms with Gasteiger partial charge >= 0.3 is 0 Å². The molecule has 0 radical (unpaired) electrons. The number of carbonyl (C=O) groups is 1. The Morgan fingerprint density at radius 1 is 1.38 bits per heavy atom. The highest BCUT2D eigenvalue weighted by Crippen LogP contribution is 2.27. The molecule has 0 aliphatic heterocycles. The summed E-state index contributed by atoms with van der Waals surface area (Å²) < 4.78 is 10.2. The van der Waals surface area contributed by atoms with Crippen LogP contribution in [0.15, 0.2) is 23.0 Å². The number of furan rings is 1. The van der Waals surface area contributed by atoms with E-state index in [1.165, 1.54) is 32.1 Å². The van der Waals surface area contributed by atoms with Crippen LogP contribution in [0, 0.1) is 5.92 Å². The van der Waals surface area contributed by atoms with Crippen molar-refractivity contribution >= 4 is 5.91 Å². The van der Waals surface area contributed by atoms with Crippen LogP contribution in [0.1, 0.15) is 50.5 Å². The van der Waals surface area contributed by atoms with Crippen LogP contribution in [0.5, 0.6) is 0 Å². The molecule has 1 saturated carbocycles. The van der Waals surface area contributed by atoms with Crippen LogP contribution in [0.2, 0.25) is 0 Å². The lowest BCUT2D eigenvalue weighted by molar-refractivity contribution is -0.132. The molecule has 0 atom stereocenters. The second-order valence-electron chi connectivity index (χ2n) is 5.98. The average molecular weight is 293 g/mol. The van der Waals surface area contributed by atoms with E-state index in [0.29, 0.717) is 26.1 Å². The van der Waals surface area contributed by atoms with Crippen LogP contribution in [-0.2, 0) is 16.1 Å². The van der Waals surface area contributed by atoms with E-state index in [2.05, 4.69) is 0 Å². The molecule has 1 fully saturated rings. The summed E-state index contributed by atoms with van der Waals surface area (Å²) in [6, 6.07) is 1.91. The van der Waals surface area contributed by atoms with E-state index >= 15 is 0 Å². The molecule has 0 spiro atoms. The molecule has 1 aliphatic carbocycles. The highest BCUT2D eigenvalue weighted by Gasteiger charge is 2.18. The lowest BCUT2D eigenvalue weighted by atomic mass is 9.86. The summed E-state index contributed by atoms with van der Waals surface area (Å²) in [5, 5.41) is 0. The predicted molar refractivity (Wildman–Crippen MR) is 81.8 cm³/mol. The molecule has 118 valence electrons. The summed E-state index contributed by atoms with van der Waals surface area (Å²) in [5.74, 6) is 0.986. The smallest absolute Gasteiger partial charge is 0.222 e. The van der Waals surface area contributed by atoms with Gasteiger partial charge in [-0.1, -0.05) is 32.1 Å². The molecular weight excluding hydrogens is 266 g/mol. The SMILES string of the molecule is COCCN(Cc1ccoc1)C(=O)CCC1CCCCC1. The van der Waals surface area contributed by atoms with Crippen molar-refractivity contribution in [3.63, 3.8) is 0 Å². The van der Waals surface area contributed by atoms with Gasteiger partial charge in [0.2, 0.25) is 5.91 Å². The lowest BCUT2D eigenvalue weighted by Crippen LogP contribution is -2.33. The maximum absolute atomic E-state index is 12.5. The van der Waals surface area contributed by atoms with Gasteiger partial charge in [-0.25, -0.2) is 0 Å². The Kier molecular flexibility index (Phi) is 6.80. The summed E-state index contributed by atoms with van der Waals surface area (Å²) in [7, 11) is 1.67. The Balaban J connectivity index is 1.81. The van der Waals surface area contributed by atoms with Crippen molar-refractivity contribution in [2.24, 2.45) is 5.92 Å². The molecule has 0 N–H and O–H groups in total. The first-order valence-electron chi connectivity index (χ1n) is 8.07. The van der Waals surface area contributed by atoms with E-state index in [-0.39, 0.29) is 5.91 Å². The van der Waals surface area contributed by atoms with E-state index in [1.807, 2.05) is 11.0 Å². The van der Waals surface area contributed by atoms with Gasteiger partial charge in [-0.2, -0.15) is 0 Å². The first-order chi connectivity index (χ1) is 10.3. The summed E-state index contributed by atoms with van der Waals surface area (Å²) in [6.07, 6.45) is 11.7. The lowest BCUT2D eigenvalue weighted by Gasteiger charge is -2.25. The fraction of sp³-hybridized carbons (Fsp3) is 0.706. The molecule has 4 heteroatoms. The predicted octanol–water partition coefficient (Wildman–Crippen LogP) is 3.62. The Morgan fingerprint density at radius 3 is 2.86 bits per heavy atom. The molecule has 0 unspecified atom stereocenters. The number of hydrogen-bond acceptors (Lipinski definition) is 3. The van der Waals surface area contributed by atoms with Crippen molar-refractivity contribution in [3.05, 3.63) is 24.2 Å². The molecule has 21 heavy (non-hydrogen) atoms. The van der Waals surface area contributed by atoms with E-state index in [1.54, 1.807) is 19.6 Å². The summed E-state index contributed by atoms with van der Waals surface area (Å²) in [4.78, 5) is 14.3. The van der Waals surface area contributed by atoms with E-state index in [4.69, 9.17) is 9.15 Å². The van der Waals surface area contributed by atoms with Crippen LogP contribution in [0.25, 0.3) is 0 Å². The summed E-state index contributed by atoms with van der Waals surface area (Å²) >= 11 is 0. The van der Waals surface area contributed by atoms with Gasteiger partial charge in [0.05, 0.1) is 19.1 Å². The second kappa shape index (κ2) is 8.88. The maximum atomic E-state index is 12.5. The molecule has 0 aromatic carbocycles. The van der Waals surface area contributed by atoms with E-state index < -0.39 is 0 Å². The third-order valence-corrected chi connectivity index (χ3v) is 4.36. The maximum Gasteiger partial charge on any atom is 0.222 e. The fourth-order valence-corrected chi connectivity index (χ4v) is 3.06. The van der Waals surface area contributed by atoms with Gasteiger partial charge in [0.25, 0.3) is 0 Å². The minimum absolute atomic E-state index is 0.235. The van der Waals surface area contributed by atoms with Crippen molar-refractivity contribution in [2.45, 2.75) is 51.5 Å². The van der Waals surface area contributed by atoms with Gasteiger partial charge in [-0.15, -0.1) is 0 Å². The minimum Gasteiger partial charge on any atom is -0.472 e. The van der Waals surface area contributed by atoms with Gasteiger partial charge in [-0.3, -0.25) is 4.79 Å². The number of carbonyl (C=O) groups excluding carboxylic acids is 1. The van der Waals surface area contributed by atoms with E-state index in [0.717, 1.165) is 17.9 Å². The monoisotopic (exact) mass is 293 g/mol. The van der Waals surface area contributed by atoms with Gasteiger partial charge in [-0.05, 0) is 18.4 Å². The molecule has 1 aromatic rings. The van der Waals surface area contributed by atoms with Crippen LogP contribution in [0.3, 0.4) is 0 Å². The van der Waals surface area contributed by atoms with Crippen molar-refractivity contribution in [2.75, 3.05) is 20.3 Å². The Morgan fingerprint density at radius 2 is 2.19 bits per heavy atom. The summed E-state index contributed by atoms with van der Waals surface area (Å²) in [6.45, 7) is 1.83. The molecule has 1 aliphatic rings. The third kappa shape index (κ3) is 5.54. The van der Waals surface area contributed by atoms with Crippen molar-refractivity contribution in [3.8, 4) is 0 Å². The topological polar surface area (TPSA) is 42.7 Å². The minimum atomic E-state index is 0.235. The molecule has 1 aromatic heterocycles. The first kappa shape index (κ1) is 16.1. The van der Waals surface area contributed by atoms with Gasteiger partial charge in [0.1, 0.15) is 0 Å². The second-order valence-corrected chi connectivity index (χ2v) is 5.98. The molecule has 1 heterocycles.